The molecule has 5 amide bonds. The number of fused-ring (bicyclic) bond motifs is 1. The summed E-state index contributed by atoms with van der Waals surface area (Å²) >= 11 is 0. The molecule has 39 heavy (non-hydrogen) atoms. The molecule has 2 aromatic carbocycles. The number of nitrogens with one attached hydrogen (secondary N) is 5. The van der Waals surface area contributed by atoms with Crippen molar-refractivity contribution in [3.8, 4) is 0 Å². The fourth-order valence-electron chi connectivity index (χ4n) is 3.69. The van der Waals surface area contributed by atoms with Crippen LogP contribution in [0, 0.1) is 0 Å². The first-order chi connectivity index (χ1) is 18.4. The van der Waals surface area contributed by atoms with Crippen molar-refractivity contribution in [1.29, 1.82) is 0 Å². The quantitative estimate of drug-likeness (QED) is 0.178. The van der Waals surface area contributed by atoms with Gasteiger partial charge in [0.05, 0.1) is 25.0 Å². The lowest BCUT2D eigenvalue weighted by atomic mass is 9.98. The predicted octanol–water partition coefficient (Wildman–Crippen LogP) is -0.955. The van der Waals surface area contributed by atoms with Crippen LogP contribution in [0.1, 0.15) is 32.8 Å². The van der Waals surface area contributed by atoms with Gasteiger partial charge >= 0.3 is 0 Å². The molecule has 0 radical (unpaired) electrons. The number of ketones is 1. The van der Waals surface area contributed by atoms with Crippen molar-refractivity contribution in [3.05, 3.63) is 48.0 Å². The van der Waals surface area contributed by atoms with Gasteiger partial charge in [-0.15, -0.1) is 0 Å². The van der Waals surface area contributed by atoms with Gasteiger partial charge in [-0.25, -0.2) is 0 Å². The molecule has 0 aliphatic rings. The van der Waals surface area contributed by atoms with Gasteiger partial charge in [0, 0.05) is 6.42 Å². The molecule has 0 heterocycles. The first-order valence-electron chi connectivity index (χ1n) is 12.5. The fourth-order valence-corrected chi connectivity index (χ4v) is 3.69. The van der Waals surface area contributed by atoms with Crippen LogP contribution < -0.4 is 32.3 Å². The molecule has 12 heteroatoms. The van der Waals surface area contributed by atoms with Gasteiger partial charge < -0.3 is 32.3 Å². The van der Waals surface area contributed by atoms with Crippen LogP contribution in [0.4, 0.5) is 0 Å². The second kappa shape index (κ2) is 14.6. The smallest absolute Gasteiger partial charge is 0.243 e. The molecule has 4 atom stereocenters. The molecule has 0 aliphatic carbocycles. The Balaban J connectivity index is 2.15. The van der Waals surface area contributed by atoms with Gasteiger partial charge in [-0.05, 0) is 44.2 Å². The number of Topliss-reactive ketones (excluding diaryl/α,β-unsaturated/α-hetero) is 1. The molecule has 12 nitrogen and oxygen atoms in total. The van der Waals surface area contributed by atoms with E-state index in [0.717, 1.165) is 16.3 Å². The number of nitrogens with two attached hydrogens (primary N) is 1. The van der Waals surface area contributed by atoms with E-state index in [4.69, 9.17) is 5.73 Å². The molecule has 210 valence electrons. The standard InChI is InChI=1S/C27H36N6O6/c1-15(17(3)34)31-27(39)21(12-19-10-7-9-18-8-5-6-11-20(18)19)32-24(36)14-30-26(38)22(13-23(28)35)33-25(37)16(2)29-4/h5-11,15-16,21-22,29H,12-14H2,1-4H3,(H2,28,35)(H,30,38)(H,31,39)(H,32,36)(H,33,37). The Morgan fingerprint density at radius 1 is 0.795 bits per heavy atom. The Labute approximate surface area is 226 Å². The summed E-state index contributed by atoms with van der Waals surface area (Å²) in [4.78, 5) is 73.8. The average Bonchev–Trinajstić information content (AvgIpc) is 2.90. The van der Waals surface area contributed by atoms with Crippen LogP contribution in [0.3, 0.4) is 0 Å². The van der Waals surface area contributed by atoms with Crippen molar-refractivity contribution in [2.24, 2.45) is 5.73 Å². The zero-order valence-electron chi connectivity index (χ0n) is 22.5. The van der Waals surface area contributed by atoms with Crippen LogP contribution in [0.5, 0.6) is 0 Å². The largest absolute Gasteiger partial charge is 0.370 e. The molecule has 0 spiro atoms. The lowest BCUT2D eigenvalue weighted by molar-refractivity contribution is -0.133. The van der Waals surface area contributed by atoms with Crippen molar-refractivity contribution in [1.82, 2.24) is 26.6 Å². The van der Waals surface area contributed by atoms with E-state index in [2.05, 4.69) is 26.6 Å². The summed E-state index contributed by atoms with van der Waals surface area (Å²) in [6.07, 6.45) is -0.343. The number of carbonyl (C=O) groups excluding carboxylic acids is 6. The summed E-state index contributed by atoms with van der Waals surface area (Å²) in [7, 11) is 1.56. The number of hydrogen-bond acceptors (Lipinski definition) is 7. The van der Waals surface area contributed by atoms with Gasteiger partial charge in [0.15, 0.2) is 5.78 Å². The van der Waals surface area contributed by atoms with Crippen molar-refractivity contribution in [3.63, 3.8) is 0 Å². The minimum atomic E-state index is -1.29. The second-order valence-electron chi connectivity index (χ2n) is 9.26. The molecule has 7 N–H and O–H groups in total. The van der Waals surface area contributed by atoms with E-state index in [9.17, 15) is 28.8 Å². The number of primary amides is 1. The van der Waals surface area contributed by atoms with E-state index in [1.165, 1.54) is 6.92 Å². The normalized spacial score (nSPS) is 13.8. The number of carbonyl (C=O) groups is 6. The van der Waals surface area contributed by atoms with E-state index in [1.807, 2.05) is 42.5 Å². The number of hydrogen-bond donors (Lipinski definition) is 6. The molecule has 2 rings (SSSR count). The number of amides is 5. The highest BCUT2D eigenvalue weighted by molar-refractivity contribution is 5.96. The monoisotopic (exact) mass is 540 g/mol. The molecule has 4 unspecified atom stereocenters. The van der Waals surface area contributed by atoms with E-state index in [-0.39, 0.29) is 12.2 Å². The molecular weight excluding hydrogens is 504 g/mol. The molecule has 0 saturated carbocycles. The lowest BCUT2D eigenvalue weighted by Crippen LogP contribution is -2.55. The molecule has 0 aromatic heterocycles. The van der Waals surface area contributed by atoms with E-state index < -0.39 is 66.7 Å². The summed E-state index contributed by atoms with van der Waals surface area (Å²) in [5.74, 6) is -3.64. The minimum absolute atomic E-state index is 0.125. The summed E-state index contributed by atoms with van der Waals surface area (Å²) in [5, 5.41) is 14.6. The summed E-state index contributed by atoms with van der Waals surface area (Å²) in [6, 6.07) is 9.46. The van der Waals surface area contributed by atoms with E-state index in [1.54, 1.807) is 20.9 Å². The van der Waals surface area contributed by atoms with Crippen molar-refractivity contribution < 1.29 is 28.8 Å². The van der Waals surface area contributed by atoms with Crippen LogP contribution in [0.2, 0.25) is 0 Å². The third-order valence-corrected chi connectivity index (χ3v) is 6.21. The highest BCUT2D eigenvalue weighted by Crippen LogP contribution is 2.20. The van der Waals surface area contributed by atoms with Crippen LogP contribution in [-0.2, 0) is 35.2 Å². The minimum Gasteiger partial charge on any atom is -0.370 e. The molecule has 0 aliphatic heterocycles. The summed E-state index contributed by atoms with van der Waals surface area (Å²) in [5.41, 5.74) is 6.01. The van der Waals surface area contributed by atoms with Gasteiger partial charge in [-0.2, -0.15) is 0 Å². The molecule has 2 aromatic rings. The van der Waals surface area contributed by atoms with Gasteiger partial charge in [0.25, 0.3) is 0 Å². The van der Waals surface area contributed by atoms with Crippen LogP contribution in [0.25, 0.3) is 10.8 Å². The SMILES string of the molecule is CNC(C)C(=O)NC(CC(N)=O)C(=O)NCC(=O)NC(Cc1cccc2ccccc12)C(=O)NC(C)C(C)=O. The number of likely N-dealkylation sites (N-methyl/N-ethyl adjacent to an activating group) is 1. The predicted molar refractivity (Wildman–Crippen MR) is 145 cm³/mol. The number of benzene rings is 2. The maximum Gasteiger partial charge on any atom is 0.243 e. The Morgan fingerprint density at radius 2 is 1.46 bits per heavy atom. The first-order valence-corrected chi connectivity index (χ1v) is 12.5. The molecule has 0 bridgehead atoms. The highest BCUT2D eigenvalue weighted by Gasteiger charge is 2.27. The summed E-state index contributed by atoms with van der Waals surface area (Å²) in [6.45, 7) is 3.92. The topological polar surface area (TPSA) is 189 Å². The van der Waals surface area contributed by atoms with Gasteiger partial charge in [0.2, 0.25) is 29.5 Å². The van der Waals surface area contributed by atoms with Gasteiger partial charge in [0.1, 0.15) is 12.1 Å². The molecular formula is C27H36N6O6. The number of rotatable bonds is 14. The fraction of sp³-hybridized carbons (Fsp3) is 0.407. The Morgan fingerprint density at radius 3 is 2.10 bits per heavy atom. The zero-order chi connectivity index (χ0) is 29.1. The van der Waals surface area contributed by atoms with Crippen LogP contribution in [-0.4, -0.2) is 73.1 Å². The van der Waals surface area contributed by atoms with Crippen LogP contribution in [0.15, 0.2) is 42.5 Å². The van der Waals surface area contributed by atoms with E-state index >= 15 is 0 Å². The average molecular weight is 541 g/mol. The van der Waals surface area contributed by atoms with E-state index in [0.29, 0.717) is 0 Å². The van der Waals surface area contributed by atoms with Crippen LogP contribution >= 0.6 is 0 Å². The lowest BCUT2D eigenvalue weighted by Gasteiger charge is -2.22. The Hall–Kier alpha value is -4.32. The molecule has 0 fully saturated rings. The second-order valence-corrected chi connectivity index (χ2v) is 9.26. The van der Waals surface area contributed by atoms with Crippen molar-refractivity contribution >= 4 is 46.1 Å². The molecule has 0 saturated heterocycles. The van der Waals surface area contributed by atoms with Crippen molar-refractivity contribution in [2.45, 2.75) is 57.8 Å². The van der Waals surface area contributed by atoms with Crippen molar-refractivity contribution in [2.75, 3.05) is 13.6 Å². The summed E-state index contributed by atoms with van der Waals surface area (Å²) < 4.78 is 0. The third kappa shape index (κ3) is 9.49. The Bertz CT molecular complexity index is 1230. The Kier molecular flexibility index (Phi) is 11.5. The van der Waals surface area contributed by atoms with Gasteiger partial charge in [-0.1, -0.05) is 42.5 Å². The highest BCUT2D eigenvalue weighted by atomic mass is 16.2. The van der Waals surface area contributed by atoms with Gasteiger partial charge in [-0.3, -0.25) is 28.8 Å². The first kappa shape index (κ1) is 30.9. The maximum absolute atomic E-state index is 13.0. The third-order valence-electron chi connectivity index (χ3n) is 6.21. The maximum atomic E-state index is 13.0. The zero-order valence-corrected chi connectivity index (χ0v) is 22.5.